The average molecular weight is 227 g/mol. The van der Waals surface area contributed by atoms with Gasteiger partial charge in [-0.3, -0.25) is 9.97 Å². The van der Waals surface area contributed by atoms with Gasteiger partial charge in [0.05, 0.1) is 24.2 Å². The van der Waals surface area contributed by atoms with Crippen molar-refractivity contribution in [3.8, 4) is 0 Å². The van der Waals surface area contributed by atoms with Crippen LogP contribution < -0.4 is 0 Å². The predicted octanol–water partition coefficient (Wildman–Crippen LogP) is 0.573. The lowest BCUT2D eigenvalue weighted by atomic mass is 10.2. The van der Waals surface area contributed by atoms with Crippen LogP contribution >= 0.6 is 0 Å². The molecule has 0 aromatic carbocycles. The van der Waals surface area contributed by atoms with E-state index in [1.807, 2.05) is 0 Å². The van der Waals surface area contributed by atoms with Crippen LogP contribution in [0.25, 0.3) is 0 Å². The lowest BCUT2D eigenvalue weighted by molar-refractivity contribution is 0.393. The van der Waals surface area contributed by atoms with Crippen molar-refractivity contribution in [2.75, 3.05) is 12.8 Å². The van der Waals surface area contributed by atoms with Crippen molar-refractivity contribution in [3.63, 3.8) is 0 Å². The second-order valence-corrected chi connectivity index (χ2v) is 5.60. The third kappa shape index (κ3) is 2.15. The zero-order valence-electron chi connectivity index (χ0n) is 8.50. The second kappa shape index (κ2) is 3.86. The van der Waals surface area contributed by atoms with E-state index in [4.69, 9.17) is 0 Å². The SMILES string of the molecule is CS(=O)(=O)N1CCC[C@@H]1c1cnccn1. The highest BCUT2D eigenvalue weighted by Crippen LogP contribution is 2.31. The van der Waals surface area contributed by atoms with Crippen LogP contribution in [0.15, 0.2) is 18.6 Å². The Morgan fingerprint density at radius 1 is 1.47 bits per heavy atom. The highest BCUT2D eigenvalue weighted by Gasteiger charge is 2.33. The van der Waals surface area contributed by atoms with Crippen LogP contribution in [0.1, 0.15) is 24.6 Å². The Labute approximate surface area is 89.2 Å². The third-order valence-corrected chi connectivity index (χ3v) is 3.84. The first-order valence-corrected chi connectivity index (χ1v) is 6.66. The molecule has 1 aliphatic heterocycles. The molecule has 0 radical (unpaired) electrons. The highest BCUT2D eigenvalue weighted by molar-refractivity contribution is 7.88. The highest BCUT2D eigenvalue weighted by atomic mass is 32.2. The van der Waals surface area contributed by atoms with Gasteiger partial charge >= 0.3 is 0 Å². The Balaban J connectivity index is 2.30. The summed E-state index contributed by atoms with van der Waals surface area (Å²) < 4.78 is 24.5. The molecule has 2 heterocycles. The molecular formula is C9H13N3O2S. The fraction of sp³-hybridized carbons (Fsp3) is 0.556. The maximum absolute atomic E-state index is 11.5. The monoisotopic (exact) mass is 227 g/mol. The summed E-state index contributed by atoms with van der Waals surface area (Å²) in [6, 6.07) is -0.131. The molecule has 0 bridgehead atoms. The van der Waals surface area contributed by atoms with E-state index in [0.29, 0.717) is 6.54 Å². The van der Waals surface area contributed by atoms with Crippen molar-refractivity contribution < 1.29 is 8.42 Å². The van der Waals surface area contributed by atoms with Crippen LogP contribution in [0.4, 0.5) is 0 Å². The summed E-state index contributed by atoms with van der Waals surface area (Å²) in [6.07, 6.45) is 7.76. The van der Waals surface area contributed by atoms with Gasteiger partial charge in [0.2, 0.25) is 10.0 Å². The van der Waals surface area contributed by atoms with Gasteiger partial charge in [-0.25, -0.2) is 8.42 Å². The van der Waals surface area contributed by atoms with Gasteiger partial charge in [0.15, 0.2) is 0 Å². The standard InChI is InChI=1S/C9H13N3O2S/c1-15(13,14)12-6-2-3-9(12)8-7-10-4-5-11-8/h4-5,7,9H,2-3,6H2,1H3/t9-/m1/s1. The molecule has 1 atom stereocenters. The summed E-state index contributed by atoms with van der Waals surface area (Å²) in [5.74, 6) is 0. The van der Waals surface area contributed by atoms with Crippen LogP contribution in [-0.2, 0) is 10.0 Å². The van der Waals surface area contributed by atoms with Gasteiger partial charge in [0, 0.05) is 18.9 Å². The molecule has 1 aromatic rings. The van der Waals surface area contributed by atoms with Crippen molar-refractivity contribution >= 4 is 10.0 Å². The van der Waals surface area contributed by atoms with Crippen LogP contribution in [0, 0.1) is 0 Å². The first kappa shape index (κ1) is 10.5. The van der Waals surface area contributed by atoms with E-state index in [2.05, 4.69) is 9.97 Å². The lowest BCUT2D eigenvalue weighted by Crippen LogP contribution is -2.29. The molecule has 0 aliphatic carbocycles. The number of sulfonamides is 1. The molecule has 6 heteroatoms. The largest absolute Gasteiger partial charge is 0.261 e. The van der Waals surface area contributed by atoms with Crippen LogP contribution in [0.2, 0.25) is 0 Å². The first-order valence-electron chi connectivity index (χ1n) is 4.82. The molecule has 1 fully saturated rings. The Bertz CT molecular complexity index is 432. The predicted molar refractivity (Wildman–Crippen MR) is 55.6 cm³/mol. The van der Waals surface area contributed by atoms with Gasteiger partial charge in [-0.15, -0.1) is 0 Å². The van der Waals surface area contributed by atoms with Crippen LogP contribution in [0.5, 0.6) is 0 Å². The van der Waals surface area contributed by atoms with E-state index >= 15 is 0 Å². The summed E-state index contributed by atoms with van der Waals surface area (Å²) >= 11 is 0. The summed E-state index contributed by atoms with van der Waals surface area (Å²) in [5, 5.41) is 0. The first-order chi connectivity index (χ1) is 7.09. The van der Waals surface area contributed by atoms with Gasteiger partial charge in [-0.1, -0.05) is 0 Å². The molecule has 82 valence electrons. The third-order valence-electron chi connectivity index (χ3n) is 2.55. The number of rotatable bonds is 2. The van der Waals surface area contributed by atoms with Gasteiger partial charge in [-0.05, 0) is 12.8 Å². The van der Waals surface area contributed by atoms with Crippen molar-refractivity contribution in [1.29, 1.82) is 0 Å². The van der Waals surface area contributed by atoms with Gasteiger partial charge < -0.3 is 0 Å². The average Bonchev–Trinajstić information content (AvgIpc) is 2.67. The number of nitrogens with zero attached hydrogens (tertiary/aromatic N) is 3. The zero-order valence-corrected chi connectivity index (χ0v) is 9.31. The molecule has 0 N–H and O–H groups in total. The topological polar surface area (TPSA) is 63.2 Å². The van der Waals surface area contributed by atoms with Crippen LogP contribution in [0.3, 0.4) is 0 Å². The number of aromatic nitrogens is 2. The number of hydrogen-bond donors (Lipinski definition) is 0. The fourth-order valence-corrected chi connectivity index (χ4v) is 3.05. The minimum absolute atomic E-state index is 0.131. The minimum Gasteiger partial charge on any atom is -0.261 e. The smallest absolute Gasteiger partial charge is 0.211 e. The van der Waals surface area contributed by atoms with E-state index in [0.717, 1.165) is 18.5 Å². The van der Waals surface area contributed by atoms with Crippen molar-refractivity contribution in [3.05, 3.63) is 24.3 Å². The molecule has 1 aliphatic rings. The van der Waals surface area contributed by atoms with Crippen molar-refractivity contribution in [2.45, 2.75) is 18.9 Å². The zero-order chi connectivity index (χ0) is 10.9. The maximum atomic E-state index is 11.5. The Morgan fingerprint density at radius 3 is 2.87 bits per heavy atom. The van der Waals surface area contributed by atoms with Gasteiger partial charge in [0.25, 0.3) is 0 Å². The van der Waals surface area contributed by atoms with Gasteiger partial charge in [-0.2, -0.15) is 4.31 Å². The minimum atomic E-state index is -3.13. The van der Waals surface area contributed by atoms with Crippen molar-refractivity contribution in [2.24, 2.45) is 0 Å². The molecule has 1 aromatic heterocycles. The quantitative estimate of drug-likeness (QED) is 0.741. The Kier molecular flexibility index (Phi) is 2.70. The Morgan fingerprint density at radius 2 is 2.27 bits per heavy atom. The van der Waals surface area contributed by atoms with Gasteiger partial charge in [0.1, 0.15) is 0 Å². The fourth-order valence-electron chi connectivity index (χ4n) is 1.92. The molecule has 0 spiro atoms. The molecule has 5 nitrogen and oxygen atoms in total. The van der Waals surface area contributed by atoms with E-state index in [1.165, 1.54) is 10.6 Å². The summed E-state index contributed by atoms with van der Waals surface area (Å²) in [7, 11) is -3.13. The summed E-state index contributed by atoms with van der Waals surface area (Å²) in [5.41, 5.74) is 0.737. The molecular weight excluding hydrogens is 214 g/mol. The molecule has 15 heavy (non-hydrogen) atoms. The van der Waals surface area contributed by atoms with E-state index < -0.39 is 10.0 Å². The van der Waals surface area contributed by atoms with E-state index in [9.17, 15) is 8.42 Å². The van der Waals surface area contributed by atoms with E-state index in [-0.39, 0.29) is 6.04 Å². The maximum Gasteiger partial charge on any atom is 0.211 e. The molecule has 0 unspecified atom stereocenters. The van der Waals surface area contributed by atoms with Crippen LogP contribution in [-0.4, -0.2) is 35.5 Å². The molecule has 1 saturated heterocycles. The molecule has 0 saturated carbocycles. The normalized spacial score (nSPS) is 23.1. The lowest BCUT2D eigenvalue weighted by Gasteiger charge is -2.20. The van der Waals surface area contributed by atoms with E-state index in [1.54, 1.807) is 18.6 Å². The number of hydrogen-bond acceptors (Lipinski definition) is 4. The van der Waals surface area contributed by atoms with Crippen molar-refractivity contribution in [1.82, 2.24) is 14.3 Å². The molecule has 0 amide bonds. The summed E-state index contributed by atoms with van der Waals surface area (Å²) in [6.45, 7) is 0.583. The Hall–Kier alpha value is -1.01. The molecule has 2 rings (SSSR count). The summed E-state index contributed by atoms with van der Waals surface area (Å²) in [4.78, 5) is 8.12. The second-order valence-electron chi connectivity index (χ2n) is 3.66.